The molecular weight excluding hydrogens is 352 g/mol. The van der Waals surface area contributed by atoms with Crippen molar-refractivity contribution in [3.63, 3.8) is 0 Å². The van der Waals surface area contributed by atoms with Crippen molar-refractivity contribution >= 4 is 29.7 Å². The maximum Gasteiger partial charge on any atom is 0.326 e. The molecular formula is C14H18N4O8. The van der Waals surface area contributed by atoms with Gasteiger partial charge in [-0.25, -0.2) is 9.78 Å². The fourth-order valence-electron chi connectivity index (χ4n) is 2.00. The number of aliphatic carboxylic acids is 3. The summed E-state index contributed by atoms with van der Waals surface area (Å²) in [6, 6.07) is -2.76. The molecule has 6 N–H and O–H groups in total. The van der Waals surface area contributed by atoms with Crippen molar-refractivity contribution in [2.75, 3.05) is 0 Å². The third kappa shape index (κ3) is 7.42. The number of nitrogens with zero attached hydrogens (tertiary/aromatic N) is 1. The Morgan fingerprint density at radius 2 is 1.73 bits per heavy atom. The SMILES string of the molecule is O=C(O)CCC(NC(=O)CC(=O)O)C(=O)NC(Cc1c[nH]cn1)C(=O)O. The maximum atomic E-state index is 12.3. The Morgan fingerprint density at radius 1 is 1.04 bits per heavy atom. The molecule has 0 aromatic carbocycles. The number of H-pyrrole nitrogens is 1. The molecule has 0 spiro atoms. The quantitative estimate of drug-likeness (QED) is 0.247. The summed E-state index contributed by atoms with van der Waals surface area (Å²) in [6.07, 6.45) is 0.909. The Kier molecular flexibility index (Phi) is 7.73. The van der Waals surface area contributed by atoms with Crippen molar-refractivity contribution in [2.45, 2.75) is 37.8 Å². The standard InChI is InChI=1S/C14H18N4O8/c19-10(4-12(22)23)17-8(1-2-11(20)21)13(24)18-9(14(25)26)3-7-5-15-6-16-7/h5-6,8-9H,1-4H2,(H,15,16)(H,17,19)(H,18,24)(H,20,21)(H,22,23)(H,25,26). The van der Waals surface area contributed by atoms with E-state index in [0.717, 1.165) is 0 Å². The highest BCUT2D eigenvalue weighted by Gasteiger charge is 2.28. The van der Waals surface area contributed by atoms with Crippen LogP contribution in [0.25, 0.3) is 0 Å². The maximum absolute atomic E-state index is 12.3. The third-order valence-electron chi connectivity index (χ3n) is 3.19. The Bertz CT molecular complexity index is 672. The number of nitrogens with one attached hydrogen (secondary N) is 3. The molecule has 1 aromatic rings. The van der Waals surface area contributed by atoms with E-state index in [9.17, 15) is 29.1 Å². The molecule has 2 unspecified atom stereocenters. The second kappa shape index (κ2) is 9.76. The first-order valence-corrected chi connectivity index (χ1v) is 7.42. The van der Waals surface area contributed by atoms with Crippen LogP contribution in [0.15, 0.2) is 12.5 Å². The molecule has 12 nitrogen and oxygen atoms in total. The minimum atomic E-state index is -1.43. The number of carbonyl (C=O) groups is 5. The first kappa shape index (κ1) is 20.6. The van der Waals surface area contributed by atoms with E-state index in [1.54, 1.807) is 0 Å². The molecule has 0 aliphatic rings. The second-order valence-electron chi connectivity index (χ2n) is 5.29. The number of hydrogen-bond acceptors (Lipinski definition) is 6. The highest BCUT2D eigenvalue weighted by molar-refractivity contribution is 5.96. The van der Waals surface area contributed by atoms with Crippen LogP contribution in [0.3, 0.4) is 0 Å². The lowest BCUT2D eigenvalue weighted by molar-refractivity contribution is -0.143. The Hall–Kier alpha value is -3.44. The molecule has 0 fully saturated rings. The molecule has 1 heterocycles. The molecule has 0 saturated carbocycles. The number of amides is 2. The van der Waals surface area contributed by atoms with E-state index >= 15 is 0 Å². The number of rotatable bonds is 11. The molecule has 2 amide bonds. The number of carbonyl (C=O) groups excluding carboxylic acids is 2. The van der Waals surface area contributed by atoms with Crippen molar-refractivity contribution in [2.24, 2.45) is 0 Å². The smallest absolute Gasteiger partial charge is 0.326 e. The van der Waals surface area contributed by atoms with Gasteiger partial charge in [0.1, 0.15) is 18.5 Å². The van der Waals surface area contributed by atoms with Gasteiger partial charge in [0.15, 0.2) is 0 Å². The van der Waals surface area contributed by atoms with Crippen molar-refractivity contribution in [1.82, 2.24) is 20.6 Å². The van der Waals surface area contributed by atoms with Gasteiger partial charge in [0.2, 0.25) is 11.8 Å². The highest BCUT2D eigenvalue weighted by atomic mass is 16.4. The molecule has 0 aliphatic carbocycles. The summed E-state index contributed by atoms with van der Waals surface area (Å²) < 4.78 is 0. The molecule has 0 aliphatic heterocycles. The van der Waals surface area contributed by atoms with E-state index in [-0.39, 0.29) is 12.8 Å². The van der Waals surface area contributed by atoms with Crippen LogP contribution in [-0.4, -0.2) is 67.1 Å². The van der Waals surface area contributed by atoms with E-state index in [4.69, 9.17) is 10.2 Å². The van der Waals surface area contributed by atoms with Crippen molar-refractivity contribution in [3.8, 4) is 0 Å². The fourth-order valence-corrected chi connectivity index (χ4v) is 2.00. The van der Waals surface area contributed by atoms with E-state index in [0.29, 0.717) is 5.69 Å². The lowest BCUT2D eigenvalue weighted by atomic mass is 10.1. The summed E-state index contributed by atoms with van der Waals surface area (Å²) in [5.41, 5.74) is 0.370. The van der Waals surface area contributed by atoms with Gasteiger partial charge < -0.3 is 30.9 Å². The Morgan fingerprint density at radius 3 is 2.23 bits per heavy atom. The van der Waals surface area contributed by atoms with Crippen molar-refractivity contribution in [1.29, 1.82) is 0 Å². The average Bonchev–Trinajstić information content (AvgIpc) is 3.02. The zero-order valence-electron chi connectivity index (χ0n) is 13.5. The Balaban J connectivity index is 2.79. The van der Waals surface area contributed by atoms with Crippen LogP contribution in [0.1, 0.15) is 25.0 Å². The van der Waals surface area contributed by atoms with Crippen LogP contribution in [0, 0.1) is 0 Å². The van der Waals surface area contributed by atoms with Gasteiger partial charge in [0, 0.05) is 19.0 Å². The second-order valence-corrected chi connectivity index (χ2v) is 5.29. The van der Waals surface area contributed by atoms with Crippen LogP contribution < -0.4 is 10.6 Å². The normalized spacial score (nSPS) is 12.6. The minimum absolute atomic E-state index is 0.140. The molecule has 12 heteroatoms. The molecule has 0 bridgehead atoms. The summed E-state index contributed by atoms with van der Waals surface area (Å²) in [6.45, 7) is 0. The molecule has 0 radical (unpaired) electrons. The number of hydrogen-bond donors (Lipinski definition) is 6. The molecule has 0 saturated heterocycles. The van der Waals surface area contributed by atoms with Gasteiger partial charge in [-0.3, -0.25) is 19.2 Å². The number of imidazole rings is 1. The zero-order chi connectivity index (χ0) is 19.7. The van der Waals surface area contributed by atoms with Crippen LogP contribution in [0.2, 0.25) is 0 Å². The van der Waals surface area contributed by atoms with E-state index in [1.165, 1.54) is 12.5 Å². The number of carboxylic acids is 3. The average molecular weight is 370 g/mol. The summed E-state index contributed by atoms with van der Waals surface area (Å²) in [4.78, 5) is 62.8. The summed E-state index contributed by atoms with van der Waals surface area (Å²) >= 11 is 0. The number of aromatic nitrogens is 2. The predicted octanol–water partition coefficient (Wildman–Crippen LogP) is -1.65. The van der Waals surface area contributed by atoms with Crippen LogP contribution in [0.4, 0.5) is 0 Å². The first-order chi connectivity index (χ1) is 12.2. The lowest BCUT2D eigenvalue weighted by Gasteiger charge is -2.20. The van der Waals surface area contributed by atoms with E-state index < -0.39 is 54.6 Å². The highest BCUT2D eigenvalue weighted by Crippen LogP contribution is 2.03. The zero-order valence-corrected chi connectivity index (χ0v) is 13.5. The number of carboxylic acid groups (broad SMARTS) is 3. The van der Waals surface area contributed by atoms with Gasteiger partial charge in [-0.1, -0.05) is 0 Å². The van der Waals surface area contributed by atoms with Gasteiger partial charge >= 0.3 is 17.9 Å². The molecule has 1 rings (SSSR count). The third-order valence-corrected chi connectivity index (χ3v) is 3.19. The lowest BCUT2D eigenvalue weighted by Crippen LogP contribution is -2.52. The molecule has 2 atom stereocenters. The van der Waals surface area contributed by atoms with Crippen molar-refractivity contribution < 1.29 is 39.3 Å². The fraction of sp³-hybridized carbons (Fsp3) is 0.429. The van der Waals surface area contributed by atoms with Gasteiger partial charge in [-0.2, -0.15) is 0 Å². The minimum Gasteiger partial charge on any atom is -0.481 e. The van der Waals surface area contributed by atoms with E-state index in [2.05, 4.69) is 20.6 Å². The van der Waals surface area contributed by atoms with Gasteiger partial charge in [0.25, 0.3) is 0 Å². The summed E-state index contributed by atoms with van der Waals surface area (Å²) in [7, 11) is 0. The monoisotopic (exact) mass is 370 g/mol. The topological polar surface area (TPSA) is 199 Å². The van der Waals surface area contributed by atoms with Crippen LogP contribution in [-0.2, 0) is 30.4 Å². The number of aromatic amines is 1. The van der Waals surface area contributed by atoms with Crippen LogP contribution >= 0.6 is 0 Å². The largest absolute Gasteiger partial charge is 0.481 e. The molecule has 26 heavy (non-hydrogen) atoms. The van der Waals surface area contributed by atoms with Crippen LogP contribution in [0.5, 0.6) is 0 Å². The first-order valence-electron chi connectivity index (χ1n) is 7.42. The summed E-state index contributed by atoms with van der Waals surface area (Å²) in [5.74, 6) is -5.95. The molecule has 142 valence electrons. The summed E-state index contributed by atoms with van der Waals surface area (Å²) in [5, 5.41) is 30.8. The van der Waals surface area contributed by atoms with Gasteiger partial charge in [0.05, 0.1) is 12.0 Å². The molecule has 1 aromatic heterocycles. The van der Waals surface area contributed by atoms with Crippen molar-refractivity contribution in [3.05, 3.63) is 18.2 Å². The van der Waals surface area contributed by atoms with Gasteiger partial charge in [-0.05, 0) is 6.42 Å². The predicted molar refractivity (Wildman–Crippen MR) is 82.9 cm³/mol. The van der Waals surface area contributed by atoms with E-state index in [1.807, 2.05) is 0 Å². The Labute approximate surface area is 146 Å². The van der Waals surface area contributed by atoms with Gasteiger partial charge in [-0.15, -0.1) is 0 Å².